The topological polar surface area (TPSA) is 67.7 Å². The van der Waals surface area contributed by atoms with Crippen LogP contribution in [0.25, 0.3) is 0 Å². The SMILES string of the molecule is Cc1cccc([C@@H](C)N2C(=O)[C@@H]3CC2CN3C[C@H](C)C(=O)N2C3C[C@H]3C[C@H]2C#N)c1. The first kappa shape index (κ1) is 19.6. The number of amides is 2. The number of piperidine rings is 1. The number of carbonyl (C=O) groups is 2. The van der Waals surface area contributed by atoms with E-state index in [1.165, 1.54) is 11.1 Å². The van der Waals surface area contributed by atoms with Crippen molar-refractivity contribution >= 4 is 11.8 Å². The standard InChI is InChI=1S/C24H30N4O2/c1-14-5-4-6-17(7-14)16(3)27-20-10-22(24(27)30)26(13-20)12-15(2)23(29)28-19(11-25)8-18-9-21(18)28/h4-7,15-16,18-22H,8-10,12-13H2,1-3H3/t15-,16+,18+,19-,20?,21?,22-/m0/s1. The summed E-state index contributed by atoms with van der Waals surface area (Å²) in [6, 6.07) is 10.9. The number of nitrogens with zero attached hydrogens (tertiary/aromatic N) is 4. The average molecular weight is 407 g/mol. The van der Waals surface area contributed by atoms with Crippen LogP contribution in [0.3, 0.4) is 0 Å². The third kappa shape index (κ3) is 3.02. The number of rotatable bonds is 5. The zero-order valence-corrected chi connectivity index (χ0v) is 18.0. The molecule has 3 heterocycles. The number of nitriles is 1. The lowest BCUT2D eigenvalue weighted by molar-refractivity contribution is -0.142. The van der Waals surface area contributed by atoms with Crippen molar-refractivity contribution in [3.8, 4) is 6.07 Å². The Morgan fingerprint density at radius 1 is 1.27 bits per heavy atom. The van der Waals surface area contributed by atoms with E-state index >= 15 is 0 Å². The highest BCUT2D eigenvalue weighted by Gasteiger charge is 2.55. The summed E-state index contributed by atoms with van der Waals surface area (Å²) < 4.78 is 0. The Balaban J connectivity index is 1.24. The molecule has 0 spiro atoms. The first-order valence-electron chi connectivity index (χ1n) is 11.2. The van der Waals surface area contributed by atoms with Crippen LogP contribution in [0.1, 0.15) is 50.3 Å². The first-order valence-corrected chi connectivity index (χ1v) is 11.2. The molecule has 0 aromatic heterocycles. The van der Waals surface area contributed by atoms with Gasteiger partial charge < -0.3 is 9.80 Å². The van der Waals surface area contributed by atoms with Crippen LogP contribution in [0.5, 0.6) is 0 Å². The van der Waals surface area contributed by atoms with Crippen LogP contribution in [0.15, 0.2) is 24.3 Å². The molecule has 3 saturated heterocycles. The molecule has 7 atom stereocenters. The Bertz CT molecular complexity index is 924. The Kier molecular flexibility index (Phi) is 4.62. The molecule has 0 N–H and O–H groups in total. The number of piperazine rings is 1. The second kappa shape index (κ2) is 7.09. The summed E-state index contributed by atoms with van der Waals surface area (Å²) in [6.45, 7) is 7.58. The summed E-state index contributed by atoms with van der Waals surface area (Å²) in [5, 5.41) is 9.40. The molecule has 1 saturated carbocycles. The van der Waals surface area contributed by atoms with Crippen LogP contribution >= 0.6 is 0 Å². The van der Waals surface area contributed by atoms with E-state index in [0.717, 1.165) is 25.8 Å². The van der Waals surface area contributed by atoms with Crippen molar-refractivity contribution in [3.05, 3.63) is 35.4 Å². The Morgan fingerprint density at radius 2 is 2.07 bits per heavy atom. The summed E-state index contributed by atoms with van der Waals surface area (Å²) in [5.41, 5.74) is 2.39. The van der Waals surface area contributed by atoms with Gasteiger partial charge in [0.2, 0.25) is 11.8 Å². The van der Waals surface area contributed by atoms with E-state index in [0.29, 0.717) is 12.5 Å². The number of hydrogen-bond donors (Lipinski definition) is 0. The minimum absolute atomic E-state index is 0.0707. The van der Waals surface area contributed by atoms with E-state index in [1.807, 2.05) is 11.8 Å². The van der Waals surface area contributed by atoms with Gasteiger partial charge in [0.05, 0.1) is 18.2 Å². The van der Waals surface area contributed by atoms with Gasteiger partial charge in [0.15, 0.2) is 0 Å². The van der Waals surface area contributed by atoms with Gasteiger partial charge >= 0.3 is 0 Å². The van der Waals surface area contributed by atoms with Gasteiger partial charge in [0.25, 0.3) is 0 Å². The summed E-state index contributed by atoms with van der Waals surface area (Å²) in [5.74, 6) is 0.631. The molecule has 4 fully saturated rings. The molecule has 3 aliphatic heterocycles. The normalized spacial score (nSPS) is 34.1. The van der Waals surface area contributed by atoms with Gasteiger partial charge in [-0.2, -0.15) is 5.26 Å². The van der Waals surface area contributed by atoms with Gasteiger partial charge in [0.1, 0.15) is 6.04 Å². The number of likely N-dealkylation sites (tertiary alicyclic amines) is 3. The molecule has 1 aliphatic carbocycles. The lowest BCUT2D eigenvalue weighted by atomic mass is 10.0. The summed E-state index contributed by atoms with van der Waals surface area (Å²) >= 11 is 0. The number of benzene rings is 1. The summed E-state index contributed by atoms with van der Waals surface area (Å²) in [4.78, 5) is 32.4. The van der Waals surface area contributed by atoms with Gasteiger partial charge in [-0.05, 0) is 44.6 Å². The lowest BCUT2D eigenvalue weighted by Crippen LogP contribution is -2.53. The van der Waals surface area contributed by atoms with Gasteiger partial charge in [-0.3, -0.25) is 14.5 Å². The molecule has 0 radical (unpaired) electrons. The number of fused-ring (bicyclic) bond motifs is 3. The van der Waals surface area contributed by atoms with Crippen molar-refractivity contribution in [1.82, 2.24) is 14.7 Å². The van der Waals surface area contributed by atoms with Gasteiger partial charge in [-0.25, -0.2) is 0 Å². The van der Waals surface area contributed by atoms with E-state index in [-0.39, 0.29) is 47.9 Å². The highest BCUT2D eigenvalue weighted by Crippen LogP contribution is 2.48. The minimum Gasteiger partial charge on any atom is -0.330 e. The quantitative estimate of drug-likeness (QED) is 0.754. The second-order valence-electron chi connectivity index (χ2n) is 9.79. The largest absolute Gasteiger partial charge is 0.330 e. The van der Waals surface area contributed by atoms with Crippen molar-refractivity contribution in [2.45, 2.75) is 70.2 Å². The summed E-state index contributed by atoms with van der Waals surface area (Å²) in [7, 11) is 0. The predicted molar refractivity (Wildman–Crippen MR) is 112 cm³/mol. The van der Waals surface area contributed by atoms with Crippen LogP contribution in [0, 0.1) is 30.1 Å². The second-order valence-corrected chi connectivity index (χ2v) is 9.79. The number of hydrogen-bond acceptors (Lipinski definition) is 4. The smallest absolute Gasteiger partial charge is 0.240 e. The zero-order chi connectivity index (χ0) is 21.2. The van der Waals surface area contributed by atoms with Crippen molar-refractivity contribution in [2.75, 3.05) is 13.1 Å². The molecule has 158 valence electrons. The Hall–Kier alpha value is -2.39. The van der Waals surface area contributed by atoms with E-state index < -0.39 is 0 Å². The zero-order valence-electron chi connectivity index (χ0n) is 18.0. The molecule has 2 unspecified atom stereocenters. The minimum atomic E-state index is -0.258. The fraction of sp³-hybridized carbons (Fsp3) is 0.625. The van der Waals surface area contributed by atoms with E-state index in [2.05, 4.69) is 54.0 Å². The molecular formula is C24H30N4O2. The van der Waals surface area contributed by atoms with Crippen LogP contribution in [0.2, 0.25) is 0 Å². The Labute approximate surface area is 178 Å². The van der Waals surface area contributed by atoms with E-state index in [4.69, 9.17) is 0 Å². The molecule has 4 aliphatic rings. The fourth-order valence-corrected chi connectivity index (χ4v) is 6.06. The molecule has 2 amide bonds. The van der Waals surface area contributed by atoms with Crippen LogP contribution in [0.4, 0.5) is 0 Å². The first-order chi connectivity index (χ1) is 14.4. The molecule has 1 aromatic rings. The monoisotopic (exact) mass is 406 g/mol. The molecule has 6 nitrogen and oxygen atoms in total. The lowest BCUT2D eigenvalue weighted by Gasteiger charge is -2.38. The van der Waals surface area contributed by atoms with Crippen molar-refractivity contribution in [3.63, 3.8) is 0 Å². The van der Waals surface area contributed by atoms with Crippen molar-refractivity contribution in [2.24, 2.45) is 11.8 Å². The van der Waals surface area contributed by atoms with Gasteiger partial charge in [-0.1, -0.05) is 36.8 Å². The third-order valence-corrected chi connectivity index (χ3v) is 7.69. The van der Waals surface area contributed by atoms with E-state index in [9.17, 15) is 14.9 Å². The molecular weight excluding hydrogens is 376 g/mol. The highest BCUT2D eigenvalue weighted by atomic mass is 16.2. The van der Waals surface area contributed by atoms with Gasteiger partial charge in [-0.15, -0.1) is 0 Å². The molecule has 6 heteroatoms. The fourth-order valence-electron chi connectivity index (χ4n) is 6.06. The maximum absolute atomic E-state index is 13.2. The molecule has 2 bridgehead atoms. The Morgan fingerprint density at radius 3 is 2.77 bits per heavy atom. The molecule has 1 aromatic carbocycles. The molecule has 30 heavy (non-hydrogen) atoms. The average Bonchev–Trinajstić information content (AvgIpc) is 3.06. The van der Waals surface area contributed by atoms with Crippen molar-refractivity contribution in [1.29, 1.82) is 5.26 Å². The van der Waals surface area contributed by atoms with Crippen LogP contribution in [-0.2, 0) is 9.59 Å². The molecule has 5 rings (SSSR count). The summed E-state index contributed by atoms with van der Waals surface area (Å²) in [6.07, 6.45) is 2.73. The maximum Gasteiger partial charge on any atom is 0.240 e. The highest BCUT2D eigenvalue weighted by molar-refractivity contribution is 5.86. The predicted octanol–water partition coefficient (Wildman–Crippen LogP) is 2.49. The third-order valence-electron chi connectivity index (χ3n) is 7.69. The van der Waals surface area contributed by atoms with Crippen LogP contribution < -0.4 is 0 Å². The van der Waals surface area contributed by atoms with Gasteiger partial charge in [0, 0.05) is 31.1 Å². The maximum atomic E-state index is 13.2. The number of aryl methyl sites for hydroxylation is 1. The number of carbonyl (C=O) groups excluding carboxylic acids is 2. The van der Waals surface area contributed by atoms with E-state index in [1.54, 1.807) is 0 Å². The van der Waals surface area contributed by atoms with Crippen molar-refractivity contribution < 1.29 is 9.59 Å². The van der Waals surface area contributed by atoms with Crippen LogP contribution in [-0.4, -0.2) is 63.8 Å².